The van der Waals surface area contributed by atoms with Gasteiger partial charge >= 0.3 is 5.97 Å². The molecular formula is C27H30BrN3O5. The maximum Gasteiger partial charge on any atom is 0.347 e. The highest BCUT2D eigenvalue weighted by molar-refractivity contribution is 9.10. The van der Waals surface area contributed by atoms with Crippen LogP contribution in [0.4, 0.5) is 0 Å². The smallest absolute Gasteiger partial charge is 0.347 e. The van der Waals surface area contributed by atoms with Crippen LogP contribution in [0.15, 0.2) is 50.8 Å². The lowest BCUT2D eigenvalue weighted by molar-refractivity contribution is -0.150. The van der Waals surface area contributed by atoms with Crippen LogP contribution in [0, 0.1) is 0 Å². The third-order valence-corrected chi connectivity index (χ3v) is 6.83. The molecule has 1 saturated carbocycles. The van der Waals surface area contributed by atoms with Crippen molar-refractivity contribution in [3.8, 4) is 11.5 Å². The highest BCUT2D eigenvalue weighted by atomic mass is 79.9. The van der Waals surface area contributed by atoms with Gasteiger partial charge in [-0.1, -0.05) is 31.4 Å². The second-order valence-electron chi connectivity index (χ2n) is 8.73. The predicted octanol–water partition coefficient (Wildman–Crippen LogP) is 5.43. The van der Waals surface area contributed by atoms with Crippen molar-refractivity contribution in [2.24, 2.45) is 5.10 Å². The Bertz CT molecular complexity index is 1330. The maximum absolute atomic E-state index is 13.4. The average molecular weight is 556 g/mol. The van der Waals surface area contributed by atoms with Crippen LogP contribution in [-0.2, 0) is 9.53 Å². The van der Waals surface area contributed by atoms with Crippen molar-refractivity contribution in [2.75, 3.05) is 13.7 Å². The van der Waals surface area contributed by atoms with Crippen molar-refractivity contribution in [2.45, 2.75) is 58.0 Å². The van der Waals surface area contributed by atoms with Crippen LogP contribution in [0.5, 0.6) is 11.5 Å². The quantitative estimate of drug-likeness (QED) is 0.272. The third kappa shape index (κ3) is 5.61. The monoisotopic (exact) mass is 555 g/mol. The molecule has 1 fully saturated rings. The number of aromatic nitrogens is 2. The number of rotatable bonds is 8. The summed E-state index contributed by atoms with van der Waals surface area (Å²) in [4.78, 5) is 30.3. The highest BCUT2D eigenvalue weighted by Gasteiger charge is 2.23. The van der Waals surface area contributed by atoms with E-state index < -0.39 is 12.1 Å². The first-order valence-corrected chi connectivity index (χ1v) is 13.0. The first-order chi connectivity index (χ1) is 17.4. The zero-order valence-corrected chi connectivity index (χ0v) is 22.3. The molecule has 1 atom stereocenters. The summed E-state index contributed by atoms with van der Waals surface area (Å²) in [6.07, 6.45) is 6.22. The Labute approximate surface area is 218 Å². The number of carbonyl (C=O) groups is 1. The van der Waals surface area contributed by atoms with E-state index in [1.54, 1.807) is 38.3 Å². The summed E-state index contributed by atoms with van der Waals surface area (Å²) in [5, 5.41) is 5.12. The van der Waals surface area contributed by atoms with Crippen LogP contribution in [0.3, 0.4) is 0 Å². The Balaban J connectivity index is 1.71. The zero-order valence-electron chi connectivity index (χ0n) is 20.7. The van der Waals surface area contributed by atoms with E-state index in [-0.39, 0.29) is 18.1 Å². The minimum absolute atomic E-state index is 0.188. The number of hydrogen-bond acceptors (Lipinski definition) is 7. The van der Waals surface area contributed by atoms with E-state index in [0.717, 1.165) is 25.7 Å². The van der Waals surface area contributed by atoms with E-state index in [0.29, 0.717) is 38.3 Å². The molecule has 3 aromatic rings. The van der Waals surface area contributed by atoms with Crippen molar-refractivity contribution < 1.29 is 19.0 Å². The van der Waals surface area contributed by atoms with Gasteiger partial charge in [-0.25, -0.2) is 9.78 Å². The van der Waals surface area contributed by atoms with Gasteiger partial charge in [-0.05, 0) is 72.4 Å². The van der Waals surface area contributed by atoms with Gasteiger partial charge in [0.15, 0.2) is 17.6 Å². The number of carbonyl (C=O) groups excluding carboxylic acids is 1. The summed E-state index contributed by atoms with van der Waals surface area (Å²) in [6.45, 7) is 3.63. The van der Waals surface area contributed by atoms with Crippen LogP contribution in [0.25, 0.3) is 10.9 Å². The standard InChI is InChI=1S/C27H30BrN3O5/c1-4-35-27(33)17(2)36-24-21(28)14-18(15-23(24)34-3)16-29-31-25(19-10-6-5-7-11-19)30-22-13-9-8-12-20(22)26(31)32/h8-9,12-17,19H,4-7,10-11H2,1-3H3/t17-/m1/s1. The highest BCUT2D eigenvalue weighted by Crippen LogP contribution is 2.37. The average Bonchev–Trinajstić information content (AvgIpc) is 2.89. The number of nitrogens with zero attached hydrogens (tertiary/aromatic N) is 3. The second kappa shape index (κ2) is 11.7. The first kappa shape index (κ1) is 25.9. The largest absolute Gasteiger partial charge is 0.493 e. The fraction of sp³-hybridized carbons (Fsp3) is 0.407. The molecule has 2 aromatic carbocycles. The Morgan fingerprint density at radius 3 is 2.72 bits per heavy atom. The van der Waals surface area contributed by atoms with Gasteiger partial charge in [-0.3, -0.25) is 4.79 Å². The number of hydrogen-bond donors (Lipinski definition) is 0. The molecule has 1 heterocycles. The number of para-hydroxylation sites is 1. The van der Waals surface area contributed by atoms with Gasteiger partial charge < -0.3 is 14.2 Å². The fourth-order valence-corrected chi connectivity index (χ4v) is 4.97. The second-order valence-corrected chi connectivity index (χ2v) is 9.58. The van der Waals surface area contributed by atoms with Gasteiger partial charge in [-0.15, -0.1) is 0 Å². The lowest BCUT2D eigenvalue weighted by Gasteiger charge is -2.22. The van der Waals surface area contributed by atoms with E-state index in [4.69, 9.17) is 19.2 Å². The van der Waals surface area contributed by atoms with E-state index in [9.17, 15) is 9.59 Å². The zero-order chi connectivity index (χ0) is 25.7. The predicted molar refractivity (Wildman–Crippen MR) is 142 cm³/mol. The van der Waals surface area contributed by atoms with Crippen molar-refractivity contribution >= 4 is 39.0 Å². The van der Waals surface area contributed by atoms with E-state index in [2.05, 4.69) is 21.0 Å². The van der Waals surface area contributed by atoms with Crippen molar-refractivity contribution in [1.29, 1.82) is 0 Å². The topological polar surface area (TPSA) is 92.0 Å². The van der Waals surface area contributed by atoms with Crippen LogP contribution in [0.1, 0.15) is 63.3 Å². The van der Waals surface area contributed by atoms with Gasteiger partial charge in [0, 0.05) is 5.92 Å². The molecule has 0 radical (unpaired) electrons. The number of methoxy groups -OCH3 is 1. The van der Waals surface area contributed by atoms with Crippen molar-refractivity contribution in [3.05, 3.63) is 62.6 Å². The molecule has 1 aliphatic rings. The first-order valence-electron chi connectivity index (χ1n) is 12.2. The number of fused-ring (bicyclic) bond motifs is 1. The Morgan fingerprint density at radius 1 is 1.25 bits per heavy atom. The molecule has 0 saturated heterocycles. The Hall–Kier alpha value is -3.20. The van der Waals surface area contributed by atoms with Gasteiger partial charge in [0.05, 0.1) is 35.3 Å². The summed E-state index contributed by atoms with van der Waals surface area (Å²) < 4.78 is 18.4. The van der Waals surface area contributed by atoms with Gasteiger partial charge in [-0.2, -0.15) is 9.78 Å². The summed E-state index contributed by atoms with van der Waals surface area (Å²) in [6, 6.07) is 10.9. The maximum atomic E-state index is 13.4. The summed E-state index contributed by atoms with van der Waals surface area (Å²) >= 11 is 3.51. The molecule has 0 spiro atoms. The minimum Gasteiger partial charge on any atom is -0.493 e. The SMILES string of the molecule is CCOC(=O)[C@@H](C)Oc1c(Br)cc(C=Nn2c(C3CCCCC3)nc3ccccc3c2=O)cc1OC. The fourth-order valence-electron chi connectivity index (χ4n) is 4.42. The summed E-state index contributed by atoms with van der Waals surface area (Å²) in [5.74, 6) is 1.22. The van der Waals surface area contributed by atoms with Crippen LogP contribution < -0.4 is 15.0 Å². The van der Waals surface area contributed by atoms with Crippen LogP contribution in [-0.4, -0.2) is 41.7 Å². The van der Waals surface area contributed by atoms with Gasteiger partial charge in [0.1, 0.15) is 5.82 Å². The number of ether oxygens (including phenoxy) is 3. The molecule has 1 aliphatic carbocycles. The number of halogens is 1. The lowest BCUT2D eigenvalue weighted by Crippen LogP contribution is -2.26. The van der Waals surface area contributed by atoms with Crippen LogP contribution in [0.2, 0.25) is 0 Å². The minimum atomic E-state index is -0.810. The Morgan fingerprint density at radius 2 is 2.00 bits per heavy atom. The molecule has 0 N–H and O–H groups in total. The van der Waals surface area contributed by atoms with E-state index in [1.807, 2.05) is 18.2 Å². The van der Waals surface area contributed by atoms with Gasteiger partial charge in [0.25, 0.3) is 5.56 Å². The summed E-state index contributed by atoms with van der Waals surface area (Å²) in [5.41, 5.74) is 1.19. The molecule has 4 rings (SSSR count). The molecule has 190 valence electrons. The van der Waals surface area contributed by atoms with Crippen molar-refractivity contribution in [1.82, 2.24) is 9.66 Å². The molecule has 0 unspecified atom stereocenters. The molecule has 0 bridgehead atoms. The third-order valence-electron chi connectivity index (χ3n) is 6.24. The van der Waals surface area contributed by atoms with E-state index in [1.165, 1.54) is 18.2 Å². The Kier molecular flexibility index (Phi) is 8.40. The molecule has 1 aromatic heterocycles. The van der Waals surface area contributed by atoms with Crippen molar-refractivity contribution in [3.63, 3.8) is 0 Å². The number of esters is 1. The molecule has 0 amide bonds. The van der Waals surface area contributed by atoms with Gasteiger partial charge in [0.2, 0.25) is 0 Å². The van der Waals surface area contributed by atoms with E-state index >= 15 is 0 Å². The molecule has 36 heavy (non-hydrogen) atoms. The lowest BCUT2D eigenvalue weighted by atomic mass is 9.88. The van der Waals surface area contributed by atoms with Crippen LogP contribution >= 0.6 is 15.9 Å². The molecule has 9 heteroatoms. The molecule has 0 aliphatic heterocycles. The summed E-state index contributed by atoms with van der Waals surface area (Å²) in [7, 11) is 1.52. The normalized spacial score (nSPS) is 15.2. The molecule has 8 nitrogen and oxygen atoms in total. The number of benzene rings is 2. The molecular weight excluding hydrogens is 526 g/mol.